The van der Waals surface area contributed by atoms with Crippen LogP contribution in [0.15, 0.2) is 6.07 Å². The molecule has 20 heavy (non-hydrogen) atoms. The maximum absolute atomic E-state index is 12.5. The van der Waals surface area contributed by atoms with Crippen molar-refractivity contribution >= 4 is 5.91 Å². The van der Waals surface area contributed by atoms with Crippen molar-refractivity contribution in [1.29, 1.82) is 0 Å². The number of carbonyl (C=O) groups excluding carboxylic acids is 1. The lowest BCUT2D eigenvalue weighted by atomic mass is 10.0. The summed E-state index contributed by atoms with van der Waals surface area (Å²) in [4.78, 5) is 14.5. The summed E-state index contributed by atoms with van der Waals surface area (Å²) in [7, 11) is 1.79. The molecule has 0 aromatic carbocycles. The Morgan fingerprint density at radius 2 is 2.05 bits per heavy atom. The van der Waals surface area contributed by atoms with Gasteiger partial charge in [0.25, 0.3) is 5.91 Å². The van der Waals surface area contributed by atoms with E-state index in [0.717, 1.165) is 38.2 Å². The zero-order chi connectivity index (χ0) is 14.3. The molecule has 1 unspecified atom stereocenters. The second-order valence-electron chi connectivity index (χ2n) is 6.05. The van der Waals surface area contributed by atoms with Crippen LogP contribution in [0.5, 0.6) is 0 Å². The standard InChI is InChI=1S/C15H23N3O2/c1-4-18-10(2)5-14(16-18)15(19)17-8-11-6-13(20-3)7-12(11)9-17/h5,11-13H,4,6-9H2,1-3H3/t11-,12+,13?. The average molecular weight is 277 g/mol. The van der Waals surface area contributed by atoms with Gasteiger partial charge in [-0.2, -0.15) is 5.10 Å². The molecule has 5 heteroatoms. The molecule has 3 rings (SSSR count). The molecule has 0 bridgehead atoms. The molecular formula is C15H23N3O2. The third-order valence-corrected chi connectivity index (χ3v) is 4.83. The minimum Gasteiger partial charge on any atom is -0.381 e. The summed E-state index contributed by atoms with van der Waals surface area (Å²) in [6.45, 7) is 6.57. The number of amides is 1. The first-order valence-corrected chi connectivity index (χ1v) is 7.48. The Balaban J connectivity index is 1.68. The molecule has 0 radical (unpaired) electrons. The van der Waals surface area contributed by atoms with Crippen LogP contribution < -0.4 is 0 Å². The number of aryl methyl sites for hydroxylation is 2. The number of hydrogen-bond acceptors (Lipinski definition) is 3. The average Bonchev–Trinajstić information content (AvgIpc) is 3.09. The van der Waals surface area contributed by atoms with Crippen LogP contribution in [-0.4, -0.2) is 46.9 Å². The van der Waals surface area contributed by atoms with Gasteiger partial charge in [-0.3, -0.25) is 9.48 Å². The molecule has 1 aromatic heterocycles. The van der Waals surface area contributed by atoms with Crippen molar-refractivity contribution in [3.8, 4) is 0 Å². The van der Waals surface area contributed by atoms with Crippen molar-refractivity contribution in [2.24, 2.45) is 11.8 Å². The molecule has 1 aliphatic carbocycles. The fraction of sp³-hybridized carbons (Fsp3) is 0.733. The van der Waals surface area contributed by atoms with Crippen molar-refractivity contribution < 1.29 is 9.53 Å². The molecule has 1 aliphatic heterocycles. The number of carbonyl (C=O) groups is 1. The van der Waals surface area contributed by atoms with Gasteiger partial charge in [-0.05, 0) is 44.6 Å². The van der Waals surface area contributed by atoms with Crippen LogP contribution in [0.4, 0.5) is 0 Å². The van der Waals surface area contributed by atoms with Gasteiger partial charge in [-0.15, -0.1) is 0 Å². The van der Waals surface area contributed by atoms with Gasteiger partial charge < -0.3 is 9.64 Å². The molecule has 2 aliphatic rings. The Kier molecular flexibility index (Phi) is 3.54. The molecule has 2 heterocycles. The Morgan fingerprint density at radius 3 is 2.55 bits per heavy atom. The molecule has 1 amide bonds. The van der Waals surface area contributed by atoms with E-state index in [1.54, 1.807) is 7.11 Å². The highest BCUT2D eigenvalue weighted by Crippen LogP contribution is 2.39. The Bertz CT molecular complexity index is 497. The molecular weight excluding hydrogens is 254 g/mol. The molecule has 3 atom stereocenters. The van der Waals surface area contributed by atoms with E-state index < -0.39 is 0 Å². The molecule has 0 spiro atoms. The highest BCUT2D eigenvalue weighted by atomic mass is 16.5. The fourth-order valence-electron chi connectivity index (χ4n) is 3.70. The van der Waals surface area contributed by atoms with E-state index in [1.165, 1.54) is 0 Å². The normalized spacial score (nSPS) is 28.9. The van der Waals surface area contributed by atoms with Crippen molar-refractivity contribution in [3.05, 3.63) is 17.5 Å². The number of methoxy groups -OCH3 is 1. The zero-order valence-corrected chi connectivity index (χ0v) is 12.5. The van der Waals surface area contributed by atoms with Crippen LogP contribution >= 0.6 is 0 Å². The summed E-state index contributed by atoms with van der Waals surface area (Å²) in [5.74, 6) is 1.31. The second kappa shape index (κ2) is 5.20. The summed E-state index contributed by atoms with van der Waals surface area (Å²) in [6.07, 6.45) is 2.57. The number of hydrogen-bond donors (Lipinski definition) is 0. The first-order valence-electron chi connectivity index (χ1n) is 7.48. The van der Waals surface area contributed by atoms with Gasteiger partial charge in [0.1, 0.15) is 0 Å². The first-order chi connectivity index (χ1) is 9.62. The van der Waals surface area contributed by atoms with Crippen LogP contribution in [0, 0.1) is 18.8 Å². The van der Waals surface area contributed by atoms with Gasteiger partial charge in [-0.1, -0.05) is 0 Å². The smallest absolute Gasteiger partial charge is 0.274 e. The van der Waals surface area contributed by atoms with Gasteiger partial charge in [0.2, 0.25) is 0 Å². The third kappa shape index (κ3) is 2.24. The van der Waals surface area contributed by atoms with E-state index in [9.17, 15) is 4.79 Å². The minimum absolute atomic E-state index is 0.0867. The maximum Gasteiger partial charge on any atom is 0.274 e. The van der Waals surface area contributed by atoms with Crippen LogP contribution in [-0.2, 0) is 11.3 Å². The third-order valence-electron chi connectivity index (χ3n) is 4.83. The van der Waals surface area contributed by atoms with Crippen molar-refractivity contribution in [1.82, 2.24) is 14.7 Å². The topological polar surface area (TPSA) is 47.4 Å². The lowest BCUT2D eigenvalue weighted by Gasteiger charge is -2.17. The highest BCUT2D eigenvalue weighted by molar-refractivity contribution is 5.92. The second-order valence-corrected chi connectivity index (χ2v) is 6.05. The lowest BCUT2D eigenvalue weighted by Crippen LogP contribution is -2.30. The molecule has 1 saturated carbocycles. The molecule has 0 N–H and O–H groups in total. The van der Waals surface area contributed by atoms with Gasteiger partial charge in [0, 0.05) is 32.4 Å². The van der Waals surface area contributed by atoms with Crippen LogP contribution in [0.2, 0.25) is 0 Å². The SMILES string of the molecule is CCn1nc(C(=O)N2C[C@H]3CC(OC)C[C@H]3C2)cc1C. The Hall–Kier alpha value is -1.36. The van der Waals surface area contributed by atoms with E-state index in [4.69, 9.17) is 4.74 Å². The molecule has 1 saturated heterocycles. The van der Waals surface area contributed by atoms with Gasteiger partial charge >= 0.3 is 0 Å². The van der Waals surface area contributed by atoms with E-state index >= 15 is 0 Å². The van der Waals surface area contributed by atoms with E-state index in [0.29, 0.717) is 23.6 Å². The predicted octanol–water partition coefficient (Wildman–Crippen LogP) is 1.71. The predicted molar refractivity (Wildman–Crippen MR) is 75.6 cm³/mol. The lowest BCUT2D eigenvalue weighted by molar-refractivity contribution is 0.0725. The monoisotopic (exact) mass is 277 g/mol. The van der Waals surface area contributed by atoms with E-state index in [1.807, 2.05) is 29.5 Å². The number of rotatable bonds is 3. The summed E-state index contributed by atoms with van der Waals surface area (Å²) in [6, 6.07) is 1.90. The van der Waals surface area contributed by atoms with Crippen molar-refractivity contribution in [3.63, 3.8) is 0 Å². The number of fused-ring (bicyclic) bond motifs is 1. The van der Waals surface area contributed by atoms with Crippen LogP contribution in [0.25, 0.3) is 0 Å². The van der Waals surface area contributed by atoms with Gasteiger partial charge in [0.05, 0.1) is 6.10 Å². The summed E-state index contributed by atoms with van der Waals surface area (Å²) < 4.78 is 7.32. The number of likely N-dealkylation sites (tertiary alicyclic amines) is 1. The van der Waals surface area contributed by atoms with E-state index in [-0.39, 0.29) is 5.91 Å². The molecule has 5 nitrogen and oxygen atoms in total. The first kappa shape index (κ1) is 13.6. The maximum atomic E-state index is 12.5. The highest BCUT2D eigenvalue weighted by Gasteiger charge is 2.42. The molecule has 2 fully saturated rings. The van der Waals surface area contributed by atoms with Crippen molar-refractivity contribution in [2.45, 2.75) is 39.3 Å². The Labute approximate surface area is 119 Å². The number of nitrogens with zero attached hydrogens (tertiary/aromatic N) is 3. The molecule has 110 valence electrons. The van der Waals surface area contributed by atoms with Crippen LogP contribution in [0.3, 0.4) is 0 Å². The summed E-state index contributed by atoms with van der Waals surface area (Å²) in [5, 5.41) is 4.40. The van der Waals surface area contributed by atoms with Gasteiger partial charge in [-0.25, -0.2) is 0 Å². The summed E-state index contributed by atoms with van der Waals surface area (Å²) >= 11 is 0. The zero-order valence-electron chi connectivity index (χ0n) is 12.5. The largest absolute Gasteiger partial charge is 0.381 e. The fourth-order valence-corrected chi connectivity index (χ4v) is 3.70. The minimum atomic E-state index is 0.0867. The number of ether oxygens (including phenoxy) is 1. The van der Waals surface area contributed by atoms with Crippen LogP contribution in [0.1, 0.15) is 35.9 Å². The van der Waals surface area contributed by atoms with Crippen molar-refractivity contribution in [2.75, 3.05) is 20.2 Å². The summed E-state index contributed by atoms with van der Waals surface area (Å²) in [5.41, 5.74) is 1.64. The van der Waals surface area contributed by atoms with E-state index in [2.05, 4.69) is 5.10 Å². The molecule has 1 aromatic rings. The van der Waals surface area contributed by atoms with Gasteiger partial charge in [0.15, 0.2) is 5.69 Å². The quantitative estimate of drug-likeness (QED) is 0.845. The number of aromatic nitrogens is 2. The Morgan fingerprint density at radius 1 is 1.40 bits per heavy atom.